The lowest BCUT2D eigenvalue weighted by Crippen LogP contribution is -2.27. The summed E-state index contributed by atoms with van der Waals surface area (Å²) in [6.07, 6.45) is 0. The van der Waals surface area contributed by atoms with Crippen LogP contribution in [0.5, 0.6) is 0 Å². The number of benzene rings is 2. The molecule has 0 N–H and O–H groups in total. The van der Waals surface area contributed by atoms with E-state index < -0.39 is 16.0 Å². The number of carbonyl (C=O) groups is 1. The van der Waals surface area contributed by atoms with Gasteiger partial charge in [0.15, 0.2) is 0 Å². The Bertz CT molecular complexity index is 890. The Morgan fingerprint density at radius 3 is 2.19 bits per heavy atom. The molecule has 2 aromatic rings. The SMILES string of the molecule is COC(=O)c1ccc(C)c(S(=O)(=O)N(C)Cc2ccc(N(C)C)cc2)c1. The monoisotopic (exact) mass is 376 g/mol. The van der Waals surface area contributed by atoms with Gasteiger partial charge in [0.25, 0.3) is 0 Å². The second-order valence-electron chi connectivity index (χ2n) is 6.29. The van der Waals surface area contributed by atoms with Crippen molar-refractivity contribution in [1.29, 1.82) is 0 Å². The quantitative estimate of drug-likeness (QED) is 0.725. The van der Waals surface area contributed by atoms with Crippen LogP contribution in [-0.2, 0) is 21.3 Å². The lowest BCUT2D eigenvalue weighted by molar-refractivity contribution is 0.0600. The van der Waals surface area contributed by atoms with Gasteiger partial charge in [-0.2, -0.15) is 4.31 Å². The van der Waals surface area contributed by atoms with Gasteiger partial charge in [-0.3, -0.25) is 0 Å². The Morgan fingerprint density at radius 1 is 1.04 bits per heavy atom. The molecule has 0 aromatic heterocycles. The van der Waals surface area contributed by atoms with Crippen LogP contribution in [0.15, 0.2) is 47.4 Å². The van der Waals surface area contributed by atoms with E-state index in [1.807, 2.05) is 43.3 Å². The molecule has 0 heterocycles. The molecule has 0 spiro atoms. The van der Waals surface area contributed by atoms with Crippen LogP contribution < -0.4 is 4.90 Å². The van der Waals surface area contributed by atoms with E-state index in [1.165, 1.54) is 24.5 Å². The highest BCUT2D eigenvalue weighted by Gasteiger charge is 2.24. The molecule has 0 fully saturated rings. The van der Waals surface area contributed by atoms with Gasteiger partial charge in [-0.1, -0.05) is 18.2 Å². The highest BCUT2D eigenvalue weighted by atomic mass is 32.2. The number of esters is 1. The van der Waals surface area contributed by atoms with Crippen LogP contribution in [0.25, 0.3) is 0 Å². The third kappa shape index (κ3) is 4.23. The van der Waals surface area contributed by atoms with Crippen molar-refractivity contribution in [2.75, 3.05) is 33.2 Å². The van der Waals surface area contributed by atoms with E-state index in [2.05, 4.69) is 4.74 Å². The van der Waals surface area contributed by atoms with E-state index in [0.29, 0.717) is 5.56 Å². The molecule has 2 aromatic carbocycles. The lowest BCUT2D eigenvalue weighted by Gasteiger charge is -2.20. The predicted octanol–water partition coefficient (Wildman–Crippen LogP) is 2.67. The smallest absolute Gasteiger partial charge is 0.337 e. The van der Waals surface area contributed by atoms with Crippen molar-refractivity contribution in [1.82, 2.24) is 4.31 Å². The highest BCUT2D eigenvalue weighted by molar-refractivity contribution is 7.89. The summed E-state index contributed by atoms with van der Waals surface area (Å²) in [7, 11) is 2.94. The van der Waals surface area contributed by atoms with E-state index >= 15 is 0 Å². The fraction of sp³-hybridized carbons (Fsp3) is 0.316. The Kier molecular flexibility index (Phi) is 6.05. The molecule has 0 aliphatic rings. The Balaban J connectivity index is 2.30. The summed E-state index contributed by atoms with van der Waals surface area (Å²) >= 11 is 0. The minimum absolute atomic E-state index is 0.104. The number of hydrogen-bond acceptors (Lipinski definition) is 5. The van der Waals surface area contributed by atoms with Crippen molar-refractivity contribution in [2.45, 2.75) is 18.4 Å². The minimum Gasteiger partial charge on any atom is -0.465 e. The first-order chi connectivity index (χ1) is 12.2. The Morgan fingerprint density at radius 2 is 1.65 bits per heavy atom. The molecule has 0 aliphatic heterocycles. The van der Waals surface area contributed by atoms with Crippen LogP contribution in [0.1, 0.15) is 21.5 Å². The first-order valence-corrected chi connectivity index (χ1v) is 9.52. The van der Waals surface area contributed by atoms with Crippen molar-refractivity contribution in [3.8, 4) is 0 Å². The van der Waals surface area contributed by atoms with Gasteiger partial charge in [0.2, 0.25) is 10.0 Å². The van der Waals surface area contributed by atoms with Crippen LogP contribution in [0.3, 0.4) is 0 Å². The van der Waals surface area contributed by atoms with Gasteiger partial charge in [-0.25, -0.2) is 13.2 Å². The highest BCUT2D eigenvalue weighted by Crippen LogP contribution is 2.23. The Hall–Kier alpha value is -2.38. The molecule has 0 unspecified atom stereocenters. The maximum Gasteiger partial charge on any atom is 0.337 e. The van der Waals surface area contributed by atoms with Crippen molar-refractivity contribution in [2.24, 2.45) is 0 Å². The van der Waals surface area contributed by atoms with Gasteiger partial charge in [-0.05, 0) is 42.3 Å². The van der Waals surface area contributed by atoms with Crippen LogP contribution in [-0.4, -0.2) is 46.9 Å². The molecule has 0 radical (unpaired) electrons. The summed E-state index contributed by atoms with van der Waals surface area (Å²) in [4.78, 5) is 13.8. The molecule has 26 heavy (non-hydrogen) atoms. The second kappa shape index (κ2) is 7.88. The van der Waals surface area contributed by atoms with Crippen molar-refractivity contribution in [3.63, 3.8) is 0 Å². The van der Waals surface area contributed by atoms with E-state index in [4.69, 9.17) is 0 Å². The van der Waals surface area contributed by atoms with E-state index in [0.717, 1.165) is 11.3 Å². The van der Waals surface area contributed by atoms with Gasteiger partial charge < -0.3 is 9.64 Å². The maximum atomic E-state index is 13.0. The molecule has 140 valence electrons. The summed E-state index contributed by atoms with van der Waals surface area (Å²) < 4.78 is 31.9. The van der Waals surface area contributed by atoms with Crippen LogP contribution in [0.4, 0.5) is 5.69 Å². The third-order valence-electron chi connectivity index (χ3n) is 4.16. The topological polar surface area (TPSA) is 66.9 Å². The minimum atomic E-state index is -3.74. The van der Waals surface area contributed by atoms with E-state index in [-0.39, 0.29) is 17.0 Å². The predicted molar refractivity (Wildman–Crippen MR) is 102 cm³/mol. The molecule has 0 aliphatic carbocycles. The number of sulfonamides is 1. The number of nitrogens with zero attached hydrogens (tertiary/aromatic N) is 2. The average molecular weight is 376 g/mol. The molecule has 0 saturated heterocycles. The zero-order valence-corrected chi connectivity index (χ0v) is 16.5. The second-order valence-corrected chi connectivity index (χ2v) is 8.31. The molecular formula is C19H24N2O4S. The zero-order valence-electron chi connectivity index (χ0n) is 15.7. The van der Waals surface area contributed by atoms with Crippen LogP contribution >= 0.6 is 0 Å². The number of anilines is 1. The van der Waals surface area contributed by atoms with Crippen LogP contribution in [0.2, 0.25) is 0 Å². The van der Waals surface area contributed by atoms with Crippen molar-refractivity contribution in [3.05, 3.63) is 59.2 Å². The molecule has 0 amide bonds. The number of carbonyl (C=O) groups excluding carboxylic acids is 1. The van der Waals surface area contributed by atoms with Gasteiger partial charge in [0.05, 0.1) is 17.6 Å². The summed E-state index contributed by atoms with van der Waals surface area (Å²) in [5, 5.41) is 0. The molecule has 6 nitrogen and oxygen atoms in total. The average Bonchev–Trinajstić information content (AvgIpc) is 2.61. The molecule has 0 bridgehead atoms. The van der Waals surface area contributed by atoms with E-state index in [9.17, 15) is 13.2 Å². The van der Waals surface area contributed by atoms with Gasteiger partial charge in [0.1, 0.15) is 0 Å². The fourth-order valence-corrected chi connectivity index (χ4v) is 3.94. The first kappa shape index (κ1) is 19.9. The van der Waals surface area contributed by atoms with Crippen molar-refractivity contribution < 1.29 is 17.9 Å². The van der Waals surface area contributed by atoms with Gasteiger partial charge >= 0.3 is 5.97 Å². The largest absolute Gasteiger partial charge is 0.465 e. The maximum absolute atomic E-state index is 13.0. The summed E-state index contributed by atoms with van der Waals surface area (Å²) in [5.74, 6) is -0.566. The number of methoxy groups -OCH3 is 1. The van der Waals surface area contributed by atoms with E-state index in [1.54, 1.807) is 19.1 Å². The number of aryl methyl sites for hydroxylation is 1. The van der Waals surface area contributed by atoms with Gasteiger partial charge in [0, 0.05) is 33.4 Å². The Labute approximate surface area is 155 Å². The molecule has 0 saturated carbocycles. The normalized spacial score (nSPS) is 11.5. The van der Waals surface area contributed by atoms with Gasteiger partial charge in [-0.15, -0.1) is 0 Å². The lowest BCUT2D eigenvalue weighted by atomic mass is 10.1. The fourth-order valence-electron chi connectivity index (χ4n) is 2.53. The summed E-state index contributed by atoms with van der Waals surface area (Å²) in [6.45, 7) is 1.94. The molecule has 2 rings (SSSR count). The summed E-state index contributed by atoms with van der Waals surface area (Å²) in [5.41, 5.74) is 2.71. The molecule has 7 heteroatoms. The number of rotatable bonds is 6. The van der Waals surface area contributed by atoms with Crippen molar-refractivity contribution >= 4 is 21.7 Å². The standard InChI is InChI=1S/C19H24N2O4S/c1-14-6-9-16(19(22)25-5)12-18(14)26(23,24)21(4)13-15-7-10-17(11-8-15)20(2)3/h6-12H,13H2,1-5H3. The van der Waals surface area contributed by atoms with Crippen LogP contribution in [0, 0.1) is 6.92 Å². The zero-order chi connectivity index (χ0) is 19.5. The number of ether oxygens (including phenoxy) is 1. The molecular weight excluding hydrogens is 352 g/mol. The first-order valence-electron chi connectivity index (χ1n) is 8.08. The molecule has 0 atom stereocenters. The summed E-state index contributed by atoms with van der Waals surface area (Å²) in [6, 6.07) is 12.2. The number of hydrogen-bond donors (Lipinski definition) is 0. The third-order valence-corrected chi connectivity index (χ3v) is 6.10.